The van der Waals surface area contributed by atoms with Crippen molar-refractivity contribution in [1.82, 2.24) is 0 Å². The van der Waals surface area contributed by atoms with Crippen LogP contribution in [0.4, 0.5) is 0 Å². The number of hydrogen-bond acceptors (Lipinski definition) is 1. The van der Waals surface area contributed by atoms with Crippen LogP contribution in [0.1, 0.15) is 52.4 Å². The van der Waals surface area contributed by atoms with Crippen LogP contribution in [0.2, 0.25) is 0 Å². The van der Waals surface area contributed by atoms with Crippen LogP contribution in [0, 0.1) is 11.8 Å². The third-order valence-corrected chi connectivity index (χ3v) is 3.13. The zero-order chi connectivity index (χ0) is 8.97. The van der Waals surface area contributed by atoms with Gasteiger partial charge in [0.25, 0.3) is 0 Å². The molecule has 1 atom stereocenters. The highest BCUT2D eigenvalue weighted by molar-refractivity contribution is 4.70. The topological polar surface area (TPSA) is 20.2 Å². The smallest absolute Gasteiger partial charge is 0.0512 e. The molecule has 12 heavy (non-hydrogen) atoms. The van der Waals surface area contributed by atoms with Crippen LogP contribution in [-0.4, -0.2) is 11.2 Å². The first-order chi connectivity index (χ1) is 5.68. The zero-order valence-electron chi connectivity index (χ0n) is 8.42. The van der Waals surface area contributed by atoms with E-state index in [1.807, 2.05) is 6.92 Å². The number of aliphatic hydroxyl groups is 1. The van der Waals surface area contributed by atoms with Crippen molar-refractivity contribution in [3.05, 3.63) is 0 Å². The third kappa shape index (κ3) is 3.57. The van der Waals surface area contributed by atoms with Crippen molar-refractivity contribution in [2.45, 2.75) is 58.5 Å². The van der Waals surface area contributed by atoms with Gasteiger partial charge in [-0.3, -0.25) is 0 Å². The first kappa shape index (κ1) is 10.0. The van der Waals surface area contributed by atoms with E-state index in [1.165, 1.54) is 32.1 Å². The van der Waals surface area contributed by atoms with Gasteiger partial charge in [0.05, 0.1) is 6.10 Å². The Hall–Kier alpha value is -0.0400. The maximum Gasteiger partial charge on any atom is 0.0512 e. The van der Waals surface area contributed by atoms with Gasteiger partial charge in [-0.15, -0.1) is 0 Å². The molecule has 0 saturated heterocycles. The first-order valence-corrected chi connectivity index (χ1v) is 5.36. The summed E-state index contributed by atoms with van der Waals surface area (Å²) in [4.78, 5) is 0. The molecule has 0 bridgehead atoms. The summed E-state index contributed by atoms with van der Waals surface area (Å²) >= 11 is 0. The Labute approximate surface area is 76.2 Å². The van der Waals surface area contributed by atoms with Gasteiger partial charge in [0.15, 0.2) is 0 Å². The van der Waals surface area contributed by atoms with Crippen molar-refractivity contribution >= 4 is 0 Å². The van der Waals surface area contributed by atoms with Gasteiger partial charge in [-0.25, -0.2) is 0 Å². The van der Waals surface area contributed by atoms with E-state index in [-0.39, 0.29) is 6.10 Å². The van der Waals surface area contributed by atoms with Crippen LogP contribution in [0.3, 0.4) is 0 Å². The predicted molar refractivity (Wildman–Crippen MR) is 52.0 cm³/mol. The van der Waals surface area contributed by atoms with E-state index in [9.17, 15) is 0 Å². The molecule has 0 radical (unpaired) electrons. The summed E-state index contributed by atoms with van der Waals surface area (Å²) in [5.74, 6) is 1.86. The molecular formula is C11H22O. The summed E-state index contributed by atoms with van der Waals surface area (Å²) < 4.78 is 0. The van der Waals surface area contributed by atoms with E-state index in [4.69, 9.17) is 5.11 Å². The molecule has 0 aromatic heterocycles. The molecule has 1 aliphatic rings. The average molecular weight is 170 g/mol. The molecule has 0 aromatic rings. The standard InChI is InChI=1S/C11H22O/c1-9-3-6-11(7-4-9)8-5-10(2)12/h9-12H,3-8H2,1-2H3/t9?,10-,11?/m1/s1. The van der Waals surface area contributed by atoms with Crippen molar-refractivity contribution < 1.29 is 5.11 Å². The molecule has 0 spiro atoms. The second kappa shape index (κ2) is 4.86. The summed E-state index contributed by atoms with van der Waals surface area (Å²) in [5.41, 5.74) is 0. The Balaban J connectivity index is 2.09. The van der Waals surface area contributed by atoms with Crippen LogP contribution in [0.15, 0.2) is 0 Å². The molecule has 0 heterocycles. The Morgan fingerprint density at radius 1 is 1.25 bits per heavy atom. The zero-order valence-corrected chi connectivity index (χ0v) is 8.42. The minimum absolute atomic E-state index is 0.0932. The molecule has 72 valence electrons. The lowest BCUT2D eigenvalue weighted by Crippen LogP contribution is -2.14. The number of rotatable bonds is 3. The fourth-order valence-electron chi connectivity index (χ4n) is 2.09. The second-order valence-corrected chi connectivity index (χ2v) is 4.55. The Morgan fingerprint density at radius 3 is 2.33 bits per heavy atom. The van der Waals surface area contributed by atoms with Gasteiger partial charge in [-0.1, -0.05) is 32.6 Å². The largest absolute Gasteiger partial charge is 0.393 e. The van der Waals surface area contributed by atoms with Gasteiger partial charge in [-0.05, 0) is 31.6 Å². The van der Waals surface area contributed by atoms with Crippen LogP contribution in [0.5, 0.6) is 0 Å². The summed E-state index contributed by atoms with van der Waals surface area (Å²) in [6.45, 7) is 4.25. The quantitative estimate of drug-likeness (QED) is 0.690. The number of hydrogen-bond donors (Lipinski definition) is 1. The second-order valence-electron chi connectivity index (χ2n) is 4.55. The minimum Gasteiger partial charge on any atom is -0.393 e. The van der Waals surface area contributed by atoms with E-state index < -0.39 is 0 Å². The predicted octanol–water partition coefficient (Wildman–Crippen LogP) is 2.97. The van der Waals surface area contributed by atoms with Crippen LogP contribution >= 0.6 is 0 Å². The van der Waals surface area contributed by atoms with Crippen molar-refractivity contribution in [3.63, 3.8) is 0 Å². The summed E-state index contributed by atoms with van der Waals surface area (Å²) in [6.07, 6.45) is 7.75. The average Bonchev–Trinajstić information content (AvgIpc) is 2.03. The Bertz CT molecular complexity index is 112. The van der Waals surface area contributed by atoms with Crippen LogP contribution < -0.4 is 0 Å². The molecule has 1 fully saturated rings. The molecular weight excluding hydrogens is 148 g/mol. The highest BCUT2D eigenvalue weighted by Crippen LogP contribution is 2.31. The first-order valence-electron chi connectivity index (χ1n) is 5.36. The molecule has 0 aromatic carbocycles. The van der Waals surface area contributed by atoms with Gasteiger partial charge in [0, 0.05) is 0 Å². The third-order valence-electron chi connectivity index (χ3n) is 3.13. The maximum atomic E-state index is 9.14. The molecule has 1 aliphatic carbocycles. The number of aliphatic hydroxyl groups excluding tert-OH is 1. The molecule has 1 nitrogen and oxygen atoms in total. The summed E-state index contributed by atoms with van der Waals surface area (Å²) in [5, 5.41) is 9.14. The molecule has 1 saturated carbocycles. The SMILES string of the molecule is CC1CCC(CC[C@@H](C)O)CC1. The van der Waals surface area contributed by atoms with E-state index in [0.717, 1.165) is 18.3 Å². The lowest BCUT2D eigenvalue weighted by molar-refractivity contribution is 0.163. The monoisotopic (exact) mass is 170 g/mol. The molecule has 0 aliphatic heterocycles. The van der Waals surface area contributed by atoms with E-state index in [0.29, 0.717) is 0 Å². The highest BCUT2D eigenvalue weighted by atomic mass is 16.3. The van der Waals surface area contributed by atoms with E-state index >= 15 is 0 Å². The normalized spacial score (nSPS) is 33.2. The van der Waals surface area contributed by atoms with Crippen LogP contribution in [0.25, 0.3) is 0 Å². The van der Waals surface area contributed by atoms with E-state index in [1.54, 1.807) is 0 Å². The highest BCUT2D eigenvalue weighted by Gasteiger charge is 2.17. The van der Waals surface area contributed by atoms with Crippen LogP contribution in [-0.2, 0) is 0 Å². The minimum atomic E-state index is -0.0932. The molecule has 0 unspecified atom stereocenters. The summed E-state index contributed by atoms with van der Waals surface area (Å²) in [6, 6.07) is 0. The van der Waals surface area contributed by atoms with Crippen molar-refractivity contribution in [1.29, 1.82) is 0 Å². The molecule has 1 rings (SSSR count). The van der Waals surface area contributed by atoms with Gasteiger partial charge in [0.2, 0.25) is 0 Å². The molecule has 1 heteroatoms. The summed E-state index contributed by atoms with van der Waals surface area (Å²) in [7, 11) is 0. The maximum absolute atomic E-state index is 9.14. The van der Waals surface area contributed by atoms with Gasteiger partial charge >= 0.3 is 0 Å². The Kier molecular flexibility index (Phi) is 4.07. The van der Waals surface area contributed by atoms with Gasteiger partial charge in [0.1, 0.15) is 0 Å². The van der Waals surface area contributed by atoms with Crippen molar-refractivity contribution in [2.75, 3.05) is 0 Å². The van der Waals surface area contributed by atoms with Gasteiger partial charge < -0.3 is 5.11 Å². The van der Waals surface area contributed by atoms with E-state index in [2.05, 4.69) is 6.92 Å². The fraction of sp³-hybridized carbons (Fsp3) is 1.00. The Morgan fingerprint density at radius 2 is 1.83 bits per heavy atom. The van der Waals surface area contributed by atoms with Crippen molar-refractivity contribution in [2.24, 2.45) is 11.8 Å². The lowest BCUT2D eigenvalue weighted by atomic mass is 9.80. The van der Waals surface area contributed by atoms with Gasteiger partial charge in [-0.2, -0.15) is 0 Å². The van der Waals surface area contributed by atoms with Crippen molar-refractivity contribution in [3.8, 4) is 0 Å². The molecule has 1 N–H and O–H groups in total. The lowest BCUT2D eigenvalue weighted by Gasteiger charge is -2.26. The fourth-order valence-corrected chi connectivity index (χ4v) is 2.09. The molecule has 0 amide bonds.